The molecular formula is C57H43NS. The van der Waals surface area contributed by atoms with Crippen molar-refractivity contribution in [3.05, 3.63) is 247 Å². The lowest BCUT2D eigenvalue weighted by molar-refractivity contribution is 0.768. The summed E-state index contributed by atoms with van der Waals surface area (Å²) in [5.74, 6) is 0. The third-order valence-electron chi connectivity index (χ3n) is 12.6. The van der Waals surface area contributed by atoms with Gasteiger partial charge in [0.2, 0.25) is 0 Å². The molecule has 9 aromatic carbocycles. The highest BCUT2D eigenvalue weighted by Gasteiger charge is 2.45. The summed E-state index contributed by atoms with van der Waals surface area (Å²) in [4.78, 5) is 5.35. The molecule has 0 amide bonds. The molecule has 0 bridgehead atoms. The monoisotopic (exact) mass is 773 g/mol. The zero-order valence-electron chi connectivity index (χ0n) is 33.2. The molecule has 1 aliphatic heterocycles. The van der Waals surface area contributed by atoms with Gasteiger partial charge in [0.1, 0.15) is 0 Å². The van der Waals surface area contributed by atoms with Gasteiger partial charge in [-0.3, -0.25) is 0 Å². The van der Waals surface area contributed by atoms with Gasteiger partial charge in [0.15, 0.2) is 0 Å². The maximum atomic E-state index is 2.46. The Morgan fingerprint density at radius 2 is 0.780 bits per heavy atom. The fraction of sp³-hybridized carbons (Fsp3) is 0.0526. The van der Waals surface area contributed by atoms with Crippen molar-refractivity contribution in [1.29, 1.82) is 0 Å². The smallest absolute Gasteiger partial charge is 0.0713 e. The minimum absolute atomic E-state index is 0.444. The Morgan fingerprint density at radius 3 is 1.42 bits per heavy atom. The molecule has 59 heavy (non-hydrogen) atoms. The van der Waals surface area contributed by atoms with Crippen molar-refractivity contribution in [2.24, 2.45) is 0 Å². The Kier molecular flexibility index (Phi) is 8.32. The van der Waals surface area contributed by atoms with Crippen LogP contribution >= 0.6 is 10.0 Å². The Morgan fingerprint density at radius 1 is 0.322 bits per heavy atom. The third-order valence-corrected chi connectivity index (χ3v) is 15.5. The molecule has 11 rings (SSSR count). The highest BCUT2D eigenvalue weighted by molar-refractivity contribution is 8.33. The van der Waals surface area contributed by atoms with Gasteiger partial charge in [0.05, 0.1) is 5.41 Å². The first-order chi connectivity index (χ1) is 29.0. The van der Waals surface area contributed by atoms with E-state index in [0.29, 0.717) is 0 Å². The van der Waals surface area contributed by atoms with Gasteiger partial charge in [-0.05, 0) is 128 Å². The summed E-state index contributed by atoms with van der Waals surface area (Å²) in [5.41, 5.74) is 18.3. The average molecular weight is 774 g/mol. The summed E-state index contributed by atoms with van der Waals surface area (Å²) in [6.07, 6.45) is 4.89. The van der Waals surface area contributed by atoms with E-state index in [1.165, 1.54) is 76.6 Å². The first-order valence-electron chi connectivity index (χ1n) is 20.4. The third kappa shape index (κ3) is 5.55. The first kappa shape index (κ1) is 35.3. The van der Waals surface area contributed by atoms with Crippen LogP contribution in [0, 0.1) is 0 Å². The number of hydrogen-bond donors (Lipinski definition) is 0. The second-order valence-electron chi connectivity index (χ2n) is 16.1. The molecule has 0 spiro atoms. The zero-order chi connectivity index (χ0) is 39.6. The largest absolute Gasteiger partial charge is 0.310 e. The summed E-state index contributed by atoms with van der Waals surface area (Å²) in [6.45, 7) is 0. The van der Waals surface area contributed by atoms with Gasteiger partial charge in [-0.25, -0.2) is 0 Å². The molecule has 1 heterocycles. The van der Waals surface area contributed by atoms with Crippen molar-refractivity contribution in [1.82, 2.24) is 0 Å². The van der Waals surface area contributed by atoms with Crippen molar-refractivity contribution < 1.29 is 0 Å². The van der Waals surface area contributed by atoms with Crippen molar-refractivity contribution in [3.8, 4) is 44.5 Å². The molecule has 0 aromatic heterocycles. The first-order valence-corrected chi connectivity index (χ1v) is 22.9. The second kappa shape index (κ2) is 13.9. The Balaban J connectivity index is 1.05. The zero-order valence-corrected chi connectivity index (χ0v) is 34.0. The normalized spacial score (nSPS) is 14.4. The SMILES string of the molecule is CS1(C)c2ccccc2-c2ccc(N(c3ccc(-c4cccc(-c5ccccc5)c4)cc3)c3ccc(C4(c5ccccc5)c5ccccc5-c5ccccc54)cc3)cc21. The van der Waals surface area contributed by atoms with Gasteiger partial charge in [0, 0.05) is 26.9 Å². The number of benzene rings is 9. The second-order valence-corrected chi connectivity index (χ2v) is 19.6. The van der Waals surface area contributed by atoms with Gasteiger partial charge in [-0.1, -0.05) is 176 Å². The minimum Gasteiger partial charge on any atom is -0.310 e. The summed E-state index contributed by atoms with van der Waals surface area (Å²) >= 11 is 0. The van der Waals surface area contributed by atoms with Gasteiger partial charge in [-0.2, -0.15) is 10.0 Å². The molecule has 0 unspecified atom stereocenters. The predicted octanol–water partition coefficient (Wildman–Crippen LogP) is 15.3. The Bertz CT molecular complexity index is 2960. The maximum absolute atomic E-state index is 2.46. The minimum atomic E-state index is -1.20. The Labute approximate surface area is 349 Å². The van der Waals surface area contributed by atoms with Gasteiger partial charge < -0.3 is 4.90 Å². The van der Waals surface area contributed by atoms with E-state index in [-0.39, 0.29) is 0 Å². The molecule has 0 radical (unpaired) electrons. The van der Waals surface area contributed by atoms with Gasteiger partial charge >= 0.3 is 0 Å². The van der Waals surface area contributed by atoms with Gasteiger partial charge in [-0.15, -0.1) is 0 Å². The quantitative estimate of drug-likeness (QED) is 0.156. The van der Waals surface area contributed by atoms with E-state index >= 15 is 0 Å². The summed E-state index contributed by atoms with van der Waals surface area (Å²) in [6, 6.07) is 83.1. The number of rotatable bonds is 7. The van der Waals surface area contributed by atoms with Crippen LogP contribution in [0.5, 0.6) is 0 Å². The molecule has 0 atom stereocenters. The molecule has 1 aliphatic carbocycles. The fourth-order valence-corrected chi connectivity index (χ4v) is 12.4. The van der Waals surface area contributed by atoms with E-state index in [1.54, 1.807) is 0 Å². The Hall–Kier alpha value is -6.87. The van der Waals surface area contributed by atoms with E-state index in [9.17, 15) is 0 Å². The van der Waals surface area contributed by atoms with Crippen molar-refractivity contribution >= 4 is 27.1 Å². The van der Waals surface area contributed by atoms with Crippen molar-refractivity contribution in [2.75, 3.05) is 17.4 Å². The standard InChI is InChI=1S/C57H43NS/c1-59(2)55-27-14-11-24-51(55)52-37-36-48(39-56(52)59)58(46-32-28-41(29-33-46)43-19-15-18-42(38-43)40-16-5-3-6-17-40)47-34-30-45(31-35-47)57(44-20-7-4-8-21-44)53-25-12-9-22-49(53)50-23-10-13-26-54(50)57/h3-39H,1-2H3. The van der Waals surface area contributed by atoms with Crippen LogP contribution < -0.4 is 4.90 Å². The van der Waals surface area contributed by atoms with E-state index in [0.717, 1.165) is 17.1 Å². The summed E-state index contributed by atoms with van der Waals surface area (Å²) in [7, 11) is -1.20. The van der Waals surface area contributed by atoms with Crippen LogP contribution in [0.15, 0.2) is 234 Å². The molecule has 2 heteroatoms. The topological polar surface area (TPSA) is 3.24 Å². The molecule has 282 valence electrons. The molecular weight excluding hydrogens is 731 g/mol. The lowest BCUT2D eigenvalue weighted by atomic mass is 9.68. The molecule has 1 nitrogen and oxygen atoms in total. The van der Waals surface area contributed by atoms with E-state index in [4.69, 9.17) is 0 Å². The van der Waals surface area contributed by atoms with Crippen molar-refractivity contribution in [2.45, 2.75) is 15.2 Å². The van der Waals surface area contributed by atoms with Gasteiger partial charge in [0.25, 0.3) is 0 Å². The number of anilines is 3. The van der Waals surface area contributed by atoms with Crippen LogP contribution in [0.3, 0.4) is 0 Å². The molecule has 0 fully saturated rings. The average Bonchev–Trinajstić information content (AvgIpc) is 3.73. The fourth-order valence-electron chi connectivity index (χ4n) is 9.88. The van der Waals surface area contributed by atoms with Crippen molar-refractivity contribution in [3.63, 3.8) is 0 Å². The maximum Gasteiger partial charge on any atom is 0.0713 e. The van der Waals surface area contributed by atoms with E-state index in [2.05, 4.69) is 242 Å². The van der Waals surface area contributed by atoms with Crippen LogP contribution in [0.2, 0.25) is 0 Å². The van der Waals surface area contributed by atoms with Crippen LogP contribution in [0.1, 0.15) is 22.3 Å². The van der Waals surface area contributed by atoms with Crippen LogP contribution in [-0.4, -0.2) is 12.5 Å². The highest BCUT2D eigenvalue weighted by atomic mass is 32.3. The van der Waals surface area contributed by atoms with Crippen LogP contribution in [0.4, 0.5) is 17.1 Å². The highest BCUT2D eigenvalue weighted by Crippen LogP contribution is 2.68. The van der Waals surface area contributed by atoms with E-state index in [1.807, 2.05) is 0 Å². The molecule has 9 aromatic rings. The molecule has 0 N–H and O–H groups in total. The number of fused-ring (bicyclic) bond motifs is 6. The molecule has 2 aliphatic rings. The lowest BCUT2D eigenvalue weighted by Gasteiger charge is -2.34. The van der Waals surface area contributed by atoms with Crippen LogP contribution in [-0.2, 0) is 5.41 Å². The van der Waals surface area contributed by atoms with E-state index < -0.39 is 15.4 Å². The molecule has 0 saturated carbocycles. The van der Waals surface area contributed by atoms with Crippen LogP contribution in [0.25, 0.3) is 44.5 Å². The lowest BCUT2D eigenvalue weighted by Crippen LogP contribution is -2.28. The predicted molar refractivity (Wildman–Crippen MR) is 251 cm³/mol. The molecule has 0 saturated heterocycles. The number of hydrogen-bond acceptors (Lipinski definition) is 1. The summed E-state index contributed by atoms with van der Waals surface area (Å²) in [5, 5.41) is 0. The summed E-state index contributed by atoms with van der Waals surface area (Å²) < 4.78 is 0. The number of nitrogens with zero attached hydrogens (tertiary/aromatic N) is 1.